The van der Waals surface area contributed by atoms with E-state index in [2.05, 4.69) is 19.9 Å². The fraction of sp³-hybridized carbons (Fsp3) is 0.238. The van der Waals surface area contributed by atoms with Gasteiger partial charge in [0.15, 0.2) is 15.0 Å². The van der Waals surface area contributed by atoms with Crippen LogP contribution in [0.5, 0.6) is 0 Å². The minimum Gasteiger partial charge on any atom is -0.345 e. The lowest BCUT2D eigenvalue weighted by atomic mass is 10.1. The summed E-state index contributed by atoms with van der Waals surface area (Å²) in [5.41, 5.74) is 2.85. The molecule has 1 aliphatic heterocycles. The van der Waals surface area contributed by atoms with E-state index in [1.807, 2.05) is 11.0 Å². The molecule has 5 rings (SSSR count). The van der Waals surface area contributed by atoms with Crippen LogP contribution >= 0.6 is 11.3 Å². The first kappa shape index (κ1) is 19.8. The van der Waals surface area contributed by atoms with Crippen molar-refractivity contribution in [1.82, 2.24) is 19.9 Å². The van der Waals surface area contributed by atoms with Crippen molar-refractivity contribution in [1.29, 1.82) is 0 Å². The third-order valence-electron chi connectivity index (χ3n) is 5.33. The van der Waals surface area contributed by atoms with Gasteiger partial charge in [-0.25, -0.2) is 13.4 Å². The molecule has 0 atom stereocenters. The first-order chi connectivity index (χ1) is 14.9. The molecule has 1 amide bonds. The first-order valence-electron chi connectivity index (χ1n) is 9.74. The number of carbonyl (C=O) groups is 1. The molecule has 31 heavy (non-hydrogen) atoms. The minimum atomic E-state index is -3.25. The van der Waals surface area contributed by atoms with E-state index in [4.69, 9.17) is 0 Å². The summed E-state index contributed by atoms with van der Waals surface area (Å²) in [7, 11) is -3.25. The number of hydrogen-bond acceptors (Lipinski definition) is 8. The zero-order chi connectivity index (χ0) is 21.6. The lowest BCUT2D eigenvalue weighted by Gasteiger charge is -2.34. The lowest BCUT2D eigenvalue weighted by Crippen LogP contribution is -2.48. The van der Waals surface area contributed by atoms with Gasteiger partial charge in [-0.2, -0.15) is 0 Å². The van der Waals surface area contributed by atoms with Crippen LogP contribution < -0.4 is 4.90 Å². The average Bonchev–Trinajstić information content (AvgIpc) is 3.21. The summed E-state index contributed by atoms with van der Waals surface area (Å²) >= 11 is 1.47. The quantitative estimate of drug-likeness (QED) is 0.470. The van der Waals surface area contributed by atoms with Crippen molar-refractivity contribution >= 4 is 53.5 Å². The number of fused-ring (bicyclic) bond motifs is 2. The molecule has 2 aromatic heterocycles. The van der Waals surface area contributed by atoms with Gasteiger partial charge in [0.2, 0.25) is 0 Å². The molecule has 1 fully saturated rings. The van der Waals surface area contributed by atoms with E-state index in [1.165, 1.54) is 17.6 Å². The Kier molecular flexibility index (Phi) is 4.82. The van der Waals surface area contributed by atoms with Gasteiger partial charge in [-0.05, 0) is 36.4 Å². The van der Waals surface area contributed by atoms with E-state index in [0.29, 0.717) is 42.2 Å². The molecule has 0 unspecified atom stereocenters. The van der Waals surface area contributed by atoms with Crippen LogP contribution in [-0.4, -0.2) is 66.6 Å². The van der Waals surface area contributed by atoms with Crippen LogP contribution in [0.2, 0.25) is 0 Å². The summed E-state index contributed by atoms with van der Waals surface area (Å²) in [6.45, 7) is 2.50. The van der Waals surface area contributed by atoms with Crippen LogP contribution in [0.1, 0.15) is 10.4 Å². The summed E-state index contributed by atoms with van der Waals surface area (Å²) in [6, 6.07) is 10.4. The van der Waals surface area contributed by atoms with Gasteiger partial charge in [-0.1, -0.05) is 11.3 Å². The maximum Gasteiger partial charge on any atom is 0.254 e. The number of aromatic nitrogens is 3. The molecule has 8 nitrogen and oxygen atoms in total. The predicted molar refractivity (Wildman–Crippen MR) is 120 cm³/mol. The third kappa shape index (κ3) is 3.84. The van der Waals surface area contributed by atoms with Crippen LogP contribution in [0, 0.1) is 0 Å². The first-order valence-corrected chi connectivity index (χ1v) is 12.4. The van der Waals surface area contributed by atoms with Gasteiger partial charge in [0.25, 0.3) is 5.91 Å². The zero-order valence-electron chi connectivity index (χ0n) is 16.7. The van der Waals surface area contributed by atoms with Crippen molar-refractivity contribution in [3.8, 4) is 0 Å². The second-order valence-corrected chi connectivity index (χ2v) is 10.5. The van der Waals surface area contributed by atoms with Gasteiger partial charge in [0, 0.05) is 50.4 Å². The average molecular weight is 454 g/mol. The molecule has 0 N–H and O–H groups in total. The maximum absolute atomic E-state index is 12.9. The number of anilines is 1. The number of benzene rings is 2. The van der Waals surface area contributed by atoms with Crippen molar-refractivity contribution < 1.29 is 13.2 Å². The highest BCUT2D eigenvalue weighted by atomic mass is 32.2. The van der Waals surface area contributed by atoms with Crippen LogP contribution in [-0.2, 0) is 9.84 Å². The largest absolute Gasteiger partial charge is 0.345 e. The Bertz CT molecular complexity index is 1410. The summed E-state index contributed by atoms with van der Waals surface area (Å²) in [5, 5.41) is 0.841. The number of piperazine rings is 1. The third-order valence-corrected chi connectivity index (χ3v) is 7.52. The van der Waals surface area contributed by atoms with E-state index < -0.39 is 9.84 Å². The van der Waals surface area contributed by atoms with Crippen molar-refractivity contribution in [3.63, 3.8) is 0 Å². The van der Waals surface area contributed by atoms with Gasteiger partial charge in [-0.15, -0.1) is 0 Å². The van der Waals surface area contributed by atoms with Crippen LogP contribution in [0.3, 0.4) is 0 Å². The molecule has 1 aliphatic rings. The van der Waals surface area contributed by atoms with Gasteiger partial charge in [0.05, 0.1) is 26.1 Å². The van der Waals surface area contributed by atoms with Crippen molar-refractivity contribution in [3.05, 3.63) is 54.4 Å². The summed E-state index contributed by atoms with van der Waals surface area (Å²) in [4.78, 5) is 30.4. The molecule has 0 saturated carbocycles. The Morgan fingerprint density at radius 1 is 0.935 bits per heavy atom. The Balaban J connectivity index is 1.31. The number of nitrogens with zero attached hydrogens (tertiary/aromatic N) is 5. The van der Waals surface area contributed by atoms with Crippen molar-refractivity contribution in [2.75, 3.05) is 37.3 Å². The number of sulfone groups is 1. The van der Waals surface area contributed by atoms with Gasteiger partial charge in [-0.3, -0.25) is 14.8 Å². The molecule has 2 aromatic carbocycles. The Morgan fingerprint density at radius 2 is 1.65 bits per heavy atom. The number of rotatable bonds is 3. The lowest BCUT2D eigenvalue weighted by molar-refractivity contribution is 0.0747. The van der Waals surface area contributed by atoms with Gasteiger partial charge >= 0.3 is 0 Å². The Labute approximate surface area is 183 Å². The van der Waals surface area contributed by atoms with Gasteiger partial charge < -0.3 is 9.80 Å². The monoisotopic (exact) mass is 453 g/mol. The van der Waals surface area contributed by atoms with E-state index in [0.717, 1.165) is 20.9 Å². The normalized spacial score (nSPS) is 15.0. The number of amides is 1. The van der Waals surface area contributed by atoms with E-state index in [9.17, 15) is 13.2 Å². The zero-order valence-corrected chi connectivity index (χ0v) is 18.4. The van der Waals surface area contributed by atoms with E-state index in [-0.39, 0.29) is 5.91 Å². The summed E-state index contributed by atoms with van der Waals surface area (Å²) in [5.74, 6) is -0.0192. The molecule has 0 radical (unpaired) electrons. The second kappa shape index (κ2) is 7.54. The predicted octanol–water partition coefficient (Wildman–Crippen LogP) is 2.61. The van der Waals surface area contributed by atoms with Crippen molar-refractivity contribution in [2.24, 2.45) is 0 Å². The summed E-state index contributed by atoms with van der Waals surface area (Å²) < 4.78 is 24.4. The van der Waals surface area contributed by atoms with E-state index >= 15 is 0 Å². The molecular formula is C21H19N5O3S2. The molecule has 158 valence electrons. The van der Waals surface area contributed by atoms with Crippen molar-refractivity contribution in [2.45, 2.75) is 4.90 Å². The molecule has 1 saturated heterocycles. The van der Waals surface area contributed by atoms with Crippen LogP contribution in [0.4, 0.5) is 5.13 Å². The van der Waals surface area contributed by atoms with Crippen LogP contribution in [0.25, 0.3) is 21.3 Å². The minimum absolute atomic E-state index is 0.0192. The topological polar surface area (TPSA) is 96.4 Å². The van der Waals surface area contributed by atoms with Gasteiger partial charge in [0.1, 0.15) is 0 Å². The van der Waals surface area contributed by atoms with E-state index in [1.54, 1.807) is 42.7 Å². The molecule has 10 heteroatoms. The highest BCUT2D eigenvalue weighted by Crippen LogP contribution is 2.31. The maximum atomic E-state index is 12.9. The Morgan fingerprint density at radius 3 is 2.39 bits per heavy atom. The number of hydrogen-bond donors (Lipinski definition) is 0. The molecule has 0 spiro atoms. The van der Waals surface area contributed by atoms with Crippen LogP contribution in [0.15, 0.2) is 53.7 Å². The SMILES string of the molecule is CS(=O)(=O)c1ccc2nc(N3CCN(C(=O)c4ccc5nccnc5c4)CC3)sc2c1. The number of carbonyl (C=O) groups excluding carboxylic acids is 1. The highest BCUT2D eigenvalue weighted by Gasteiger charge is 2.24. The Hall–Kier alpha value is -3.11. The standard InChI is InChI=1S/C21H19N5O3S2/c1-31(28,29)15-3-5-17-19(13-15)30-21(24-17)26-10-8-25(9-11-26)20(27)14-2-4-16-18(12-14)23-7-6-22-16/h2-7,12-13H,8-11H2,1H3. The fourth-order valence-electron chi connectivity index (χ4n) is 3.64. The molecule has 4 aromatic rings. The summed E-state index contributed by atoms with van der Waals surface area (Å²) in [6.07, 6.45) is 4.45. The number of thiazole rings is 1. The smallest absolute Gasteiger partial charge is 0.254 e. The highest BCUT2D eigenvalue weighted by molar-refractivity contribution is 7.90. The molecule has 0 aliphatic carbocycles. The molecular weight excluding hydrogens is 434 g/mol. The molecule has 0 bridgehead atoms. The second-order valence-electron chi connectivity index (χ2n) is 7.44. The molecule has 3 heterocycles. The fourth-order valence-corrected chi connectivity index (χ4v) is 5.42.